The first-order valence-electron chi connectivity index (χ1n) is 6.91. The summed E-state index contributed by atoms with van der Waals surface area (Å²) in [5, 5.41) is 11.9. The Hall–Kier alpha value is -1.40. The van der Waals surface area contributed by atoms with Crippen LogP contribution in [0.25, 0.3) is 0 Å². The van der Waals surface area contributed by atoms with Gasteiger partial charge in [-0.05, 0) is 30.5 Å². The summed E-state index contributed by atoms with van der Waals surface area (Å²) in [4.78, 5) is 23.3. The summed E-state index contributed by atoms with van der Waals surface area (Å²) < 4.78 is 6.15. The molecule has 0 saturated carbocycles. The highest BCUT2D eigenvalue weighted by Gasteiger charge is 2.25. The fraction of sp³-hybridized carbons (Fsp3) is 0.467. The van der Waals surface area contributed by atoms with Crippen molar-refractivity contribution in [2.45, 2.75) is 25.3 Å². The molecule has 21 heavy (non-hydrogen) atoms. The number of nitrogens with one attached hydrogen (secondary N) is 1. The number of ether oxygens (including phenoxy) is 1. The van der Waals surface area contributed by atoms with Crippen molar-refractivity contribution in [3.63, 3.8) is 0 Å². The number of amides is 1. The molecular weight excluding hydrogens is 338 g/mol. The molecule has 2 rings (SSSR count). The Kier molecular flexibility index (Phi) is 5.76. The molecule has 1 fully saturated rings. The number of carboxylic acid groups (broad SMARTS) is 1. The second-order valence-corrected chi connectivity index (χ2v) is 6.01. The van der Waals surface area contributed by atoms with Crippen LogP contribution >= 0.6 is 15.9 Å². The zero-order valence-electron chi connectivity index (χ0n) is 11.5. The van der Waals surface area contributed by atoms with Gasteiger partial charge in [-0.3, -0.25) is 9.59 Å². The van der Waals surface area contributed by atoms with Crippen molar-refractivity contribution >= 4 is 27.8 Å². The molecule has 1 saturated heterocycles. The molecular formula is C15H18BrNO4. The number of carbonyl (C=O) groups excluding carboxylic acids is 1. The van der Waals surface area contributed by atoms with Crippen molar-refractivity contribution in [2.24, 2.45) is 5.92 Å². The molecule has 114 valence electrons. The van der Waals surface area contributed by atoms with Gasteiger partial charge in [-0.15, -0.1) is 0 Å². The zero-order chi connectivity index (χ0) is 15.2. The van der Waals surface area contributed by atoms with Crippen molar-refractivity contribution in [1.29, 1.82) is 0 Å². The van der Waals surface area contributed by atoms with E-state index in [9.17, 15) is 9.59 Å². The molecule has 0 spiro atoms. The molecule has 1 atom stereocenters. The minimum Gasteiger partial charge on any atom is -0.481 e. The molecule has 5 nitrogen and oxygen atoms in total. The molecule has 6 heteroatoms. The average molecular weight is 356 g/mol. The number of halogens is 1. The molecule has 0 unspecified atom stereocenters. The molecule has 1 aliphatic rings. The lowest BCUT2D eigenvalue weighted by atomic mass is 9.97. The van der Waals surface area contributed by atoms with E-state index in [-0.39, 0.29) is 18.2 Å². The molecule has 1 amide bonds. The highest BCUT2D eigenvalue weighted by atomic mass is 79.9. The first kappa shape index (κ1) is 16.0. The van der Waals surface area contributed by atoms with E-state index in [1.165, 1.54) is 0 Å². The van der Waals surface area contributed by atoms with Crippen molar-refractivity contribution in [1.82, 2.24) is 5.32 Å². The van der Waals surface area contributed by atoms with E-state index in [1.807, 2.05) is 24.3 Å². The van der Waals surface area contributed by atoms with Crippen LogP contribution in [0.5, 0.6) is 0 Å². The van der Waals surface area contributed by atoms with Gasteiger partial charge in [0, 0.05) is 23.6 Å². The maximum absolute atomic E-state index is 12.3. The summed E-state index contributed by atoms with van der Waals surface area (Å²) in [6.45, 7) is 1.17. The van der Waals surface area contributed by atoms with Gasteiger partial charge in [0.2, 0.25) is 5.91 Å². The third-order valence-corrected chi connectivity index (χ3v) is 4.09. The number of carbonyl (C=O) groups is 2. The van der Waals surface area contributed by atoms with Crippen molar-refractivity contribution in [3.8, 4) is 0 Å². The molecule has 1 heterocycles. The van der Waals surface area contributed by atoms with Crippen LogP contribution in [0, 0.1) is 5.92 Å². The van der Waals surface area contributed by atoms with E-state index in [4.69, 9.17) is 9.84 Å². The normalized spacial score (nSPS) is 17.2. The van der Waals surface area contributed by atoms with Crippen LogP contribution in [-0.4, -0.2) is 30.2 Å². The van der Waals surface area contributed by atoms with Gasteiger partial charge in [0.25, 0.3) is 0 Å². The molecule has 0 aliphatic carbocycles. The van der Waals surface area contributed by atoms with Gasteiger partial charge in [-0.1, -0.05) is 28.1 Å². The van der Waals surface area contributed by atoms with Crippen LogP contribution in [0.2, 0.25) is 0 Å². The van der Waals surface area contributed by atoms with Gasteiger partial charge in [0.05, 0.1) is 12.5 Å². The van der Waals surface area contributed by atoms with Crippen LogP contribution in [0.4, 0.5) is 0 Å². The Bertz CT molecular complexity index is 497. The number of hydrogen-bond donors (Lipinski definition) is 2. The lowest BCUT2D eigenvalue weighted by Gasteiger charge is -2.24. The van der Waals surface area contributed by atoms with E-state index in [0.29, 0.717) is 26.1 Å². The average Bonchev–Trinajstić information content (AvgIpc) is 2.48. The Morgan fingerprint density at radius 2 is 1.90 bits per heavy atom. The highest BCUT2D eigenvalue weighted by Crippen LogP contribution is 2.22. The first-order chi connectivity index (χ1) is 10.1. The quantitative estimate of drug-likeness (QED) is 0.850. The molecule has 0 radical (unpaired) electrons. The molecule has 1 aromatic rings. The number of hydrogen-bond acceptors (Lipinski definition) is 3. The van der Waals surface area contributed by atoms with Crippen molar-refractivity contribution in [3.05, 3.63) is 34.3 Å². The molecule has 1 aliphatic heterocycles. The largest absolute Gasteiger partial charge is 0.481 e. The van der Waals surface area contributed by atoms with Gasteiger partial charge in [-0.2, -0.15) is 0 Å². The third kappa shape index (κ3) is 4.82. The van der Waals surface area contributed by atoms with Gasteiger partial charge in [0.1, 0.15) is 0 Å². The van der Waals surface area contributed by atoms with Crippen molar-refractivity contribution in [2.75, 3.05) is 13.2 Å². The highest BCUT2D eigenvalue weighted by molar-refractivity contribution is 9.10. The van der Waals surface area contributed by atoms with E-state index in [0.717, 1.165) is 10.0 Å². The second kappa shape index (κ2) is 7.56. The van der Waals surface area contributed by atoms with Gasteiger partial charge in [-0.25, -0.2) is 0 Å². The van der Waals surface area contributed by atoms with Crippen LogP contribution in [0.15, 0.2) is 28.7 Å². The molecule has 1 aromatic carbocycles. The van der Waals surface area contributed by atoms with Crippen LogP contribution < -0.4 is 5.32 Å². The van der Waals surface area contributed by atoms with Gasteiger partial charge in [0.15, 0.2) is 0 Å². The lowest BCUT2D eigenvalue weighted by Crippen LogP contribution is -2.37. The third-order valence-electron chi connectivity index (χ3n) is 3.56. The predicted molar refractivity (Wildman–Crippen MR) is 80.8 cm³/mol. The number of rotatable bonds is 5. The summed E-state index contributed by atoms with van der Waals surface area (Å²) in [6.07, 6.45) is 1.24. The van der Waals surface area contributed by atoms with E-state index >= 15 is 0 Å². The molecule has 2 N–H and O–H groups in total. The maximum atomic E-state index is 12.3. The van der Waals surface area contributed by atoms with Gasteiger partial charge >= 0.3 is 5.97 Å². The minimum atomic E-state index is -0.935. The fourth-order valence-electron chi connectivity index (χ4n) is 2.37. The Balaban J connectivity index is 2.06. The minimum absolute atomic E-state index is 0.0903. The number of benzene rings is 1. The maximum Gasteiger partial charge on any atom is 0.305 e. The number of carboxylic acids is 1. The van der Waals surface area contributed by atoms with Crippen molar-refractivity contribution < 1.29 is 19.4 Å². The first-order valence-corrected chi connectivity index (χ1v) is 7.71. The van der Waals surface area contributed by atoms with Gasteiger partial charge < -0.3 is 15.2 Å². The van der Waals surface area contributed by atoms with E-state index in [2.05, 4.69) is 21.2 Å². The van der Waals surface area contributed by atoms with Crippen LogP contribution in [0.1, 0.15) is 30.9 Å². The summed E-state index contributed by atoms with van der Waals surface area (Å²) in [6, 6.07) is 6.81. The Labute approximate surface area is 131 Å². The fourth-order valence-corrected chi connectivity index (χ4v) is 2.64. The second-order valence-electron chi connectivity index (χ2n) is 5.10. The summed E-state index contributed by atoms with van der Waals surface area (Å²) in [5.74, 6) is -1.12. The SMILES string of the molecule is O=C(O)C[C@H](NC(=O)C1CCOCC1)c1ccc(Br)cc1. The summed E-state index contributed by atoms with van der Waals surface area (Å²) in [5.41, 5.74) is 0.793. The topological polar surface area (TPSA) is 75.6 Å². The van der Waals surface area contributed by atoms with E-state index in [1.54, 1.807) is 0 Å². The zero-order valence-corrected chi connectivity index (χ0v) is 13.1. The predicted octanol–water partition coefficient (Wildman–Crippen LogP) is 2.51. The molecule has 0 aromatic heterocycles. The monoisotopic (exact) mass is 355 g/mol. The number of aliphatic carboxylic acids is 1. The Morgan fingerprint density at radius 3 is 2.48 bits per heavy atom. The Morgan fingerprint density at radius 1 is 1.29 bits per heavy atom. The van der Waals surface area contributed by atoms with Crippen LogP contribution in [-0.2, 0) is 14.3 Å². The van der Waals surface area contributed by atoms with E-state index < -0.39 is 12.0 Å². The van der Waals surface area contributed by atoms with Crippen LogP contribution in [0.3, 0.4) is 0 Å². The summed E-state index contributed by atoms with van der Waals surface area (Å²) >= 11 is 3.34. The standard InChI is InChI=1S/C15H18BrNO4/c16-12-3-1-10(2-4-12)13(9-14(18)19)17-15(20)11-5-7-21-8-6-11/h1-4,11,13H,5-9H2,(H,17,20)(H,18,19)/t13-/m0/s1. The smallest absolute Gasteiger partial charge is 0.305 e. The summed E-state index contributed by atoms with van der Waals surface area (Å²) in [7, 11) is 0. The lowest BCUT2D eigenvalue weighted by molar-refractivity contribution is -0.138. The molecule has 0 bridgehead atoms.